The van der Waals surface area contributed by atoms with Crippen LogP contribution in [0.1, 0.15) is 25.5 Å². The SMILES string of the molecule is CC(C)c1csc2nc(-c3ccc4c(c3)OCO4)c(N)n12. The minimum Gasteiger partial charge on any atom is -0.454 e. The molecule has 5 nitrogen and oxygen atoms in total. The van der Waals surface area contributed by atoms with E-state index < -0.39 is 0 Å². The Labute approximate surface area is 125 Å². The number of imidazole rings is 1. The van der Waals surface area contributed by atoms with Gasteiger partial charge in [-0.2, -0.15) is 0 Å². The van der Waals surface area contributed by atoms with Crippen LogP contribution in [0.15, 0.2) is 23.6 Å². The average molecular weight is 301 g/mol. The molecule has 21 heavy (non-hydrogen) atoms. The summed E-state index contributed by atoms with van der Waals surface area (Å²) in [4.78, 5) is 5.59. The van der Waals surface area contributed by atoms with Gasteiger partial charge in [-0.15, -0.1) is 11.3 Å². The second-order valence-corrected chi connectivity index (χ2v) is 6.18. The van der Waals surface area contributed by atoms with Gasteiger partial charge < -0.3 is 15.2 Å². The third-order valence-electron chi connectivity index (χ3n) is 3.66. The summed E-state index contributed by atoms with van der Waals surface area (Å²) >= 11 is 1.61. The highest BCUT2D eigenvalue weighted by Crippen LogP contribution is 2.38. The Hall–Kier alpha value is -2.21. The van der Waals surface area contributed by atoms with Gasteiger partial charge in [0.1, 0.15) is 11.5 Å². The lowest BCUT2D eigenvalue weighted by molar-refractivity contribution is 0.174. The summed E-state index contributed by atoms with van der Waals surface area (Å²) in [6.45, 7) is 4.58. The minimum atomic E-state index is 0.268. The minimum absolute atomic E-state index is 0.268. The van der Waals surface area contributed by atoms with Gasteiger partial charge in [-0.3, -0.25) is 4.40 Å². The fraction of sp³-hybridized carbons (Fsp3) is 0.267. The molecule has 0 aliphatic carbocycles. The van der Waals surface area contributed by atoms with Crippen LogP contribution < -0.4 is 15.2 Å². The molecule has 0 saturated heterocycles. The van der Waals surface area contributed by atoms with Gasteiger partial charge in [-0.1, -0.05) is 13.8 Å². The summed E-state index contributed by atoms with van der Waals surface area (Å²) in [6, 6.07) is 5.79. The van der Waals surface area contributed by atoms with Gasteiger partial charge in [0.25, 0.3) is 0 Å². The molecule has 0 unspecified atom stereocenters. The van der Waals surface area contributed by atoms with Gasteiger partial charge in [-0.05, 0) is 24.1 Å². The van der Waals surface area contributed by atoms with Gasteiger partial charge in [0.15, 0.2) is 16.5 Å². The number of aromatic nitrogens is 2. The van der Waals surface area contributed by atoms with Crippen molar-refractivity contribution in [3.8, 4) is 22.8 Å². The number of anilines is 1. The van der Waals surface area contributed by atoms with Crippen LogP contribution >= 0.6 is 11.3 Å². The number of rotatable bonds is 2. The standard InChI is InChI=1S/C15H15N3O2S/c1-8(2)10-6-21-15-17-13(14(16)18(10)15)9-3-4-11-12(5-9)20-7-19-11/h3-6,8H,7,16H2,1-2H3. The molecule has 0 fully saturated rings. The highest BCUT2D eigenvalue weighted by molar-refractivity contribution is 7.15. The highest BCUT2D eigenvalue weighted by Gasteiger charge is 2.20. The van der Waals surface area contributed by atoms with Crippen LogP contribution in [0, 0.1) is 0 Å². The second kappa shape index (κ2) is 4.39. The number of hydrogen-bond acceptors (Lipinski definition) is 5. The van der Waals surface area contributed by atoms with Crippen LogP contribution in [-0.4, -0.2) is 16.2 Å². The first-order valence-electron chi connectivity index (χ1n) is 6.80. The fourth-order valence-corrected chi connectivity index (χ4v) is 3.61. The van der Waals surface area contributed by atoms with Crippen LogP contribution in [-0.2, 0) is 0 Å². The third kappa shape index (κ3) is 1.79. The molecule has 0 radical (unpaired) electrons. The molecule has 1 aliphatic rings. The molecule has 6 heteroatoms. The van der Waals surface area contributed by atoms with Crippen LogP contribution in [0.5, 0.6) is 11.5 Å². The molecule has 3 aromatic rings. The van der Waals surface area contributed by atoms with E-state index in [0.29, 0.717) is 11.7 Å². The monoisotopic (exact) mass is 301 g/mol. The van der Waals surface area contributed by atoms with Crippen LogP contribution in [0.25, 0.3) is 16.2 Å². The molecule has 0 saturated carbocycles. The fourth-order valence-electron chi connectivity index (χ4n) is 2.56. The van der Waals surface area contributed by atoms with Gasteiger partial charge in [-0.25, -0.2) is 4.98 Å². The molecule has 3 heterocycles. The van der Waals surface area contributed by atoms with E-state index in [9.17, 15) is 0 Å². The number of thiazole rings is 1. The van der Waals surface area contributed by atoms with E-state index in [4.69, 9.17) is 15.2 Å². The Morgan fingerprint density at radius 1 is 1.29 bits per heavy atom. The van der Waals surface area contributed by atoms with E-state index in [1.165, 1.54) is 5.69 Å². The number of benzene rings is 1. The zero-order chi connectivity index (χ0) is 14.6. The Bertz CT molecular complexity index is 835. The molecule has 108 valence electrons. The maximum atomic E-state index is 6.33. The predicted octanol–water partition coefficient (Wildman–Crippen LogP) is 3.50. The molecule has 2 aromatic heterocycles. The number of hydrogen-bond donors (Lipinski definition) is 1. The quantitative estimate of drug-likeness (QED) is 0.787. The lowest BCUT2D eigenvalue weighted by Gasteiger charge is -2.05. The lowest BCUT2D eigenvalue weighted by atomic mass is 10.1. The Morgan fingerprint density at radius 3 is 2.90 bits per heavy atom. The average Bonchev–Trinajstić information content (AvgIpc) is 3.14. The molecular formula is C15H15N3O2S. The number of nitrogen functional groups attached to an aromatic ring is 1. The van der Waals surface area contributed by atoms with Crippen molar-refractivity contribution in [3.05, 3.63) is 29.3 Å². The van der Waals surface area contributed by atoms with Crippen molar-refractivity contribution in [2.75, 3.05) is 12.5 Å². The maximum absolute atomic E-state index is 6.33. The van der Waals surface area contributed by atoms with Gasteiger partial charge in [0.05, 0.1) is 0 Å². The first kappa shape index (κ1) is 12.5. The van der Waals surface area contributed by atoms with Gasteiger partial charge >= 0.3 is 0 Å². The zero-order valence-corrected chi connectivity index (χ0v) is 12.6. The van der Waals surface area contributed by atoms with Crippen molar-refractivity contribution >= 4 is 22.1 Å². The summed E-state index contributed by atoms with van der Waals surface area (Å²) in [5.41, 5.74) is 9.26. The largest absolute Gasteiger partial charge is 0.454 e. The molecule has 0 spiro atoms. The van der Waals surface area contributed by atoms with Crippen molar-refractivity contribution in [1.82, 2.24) is 9.38 Å². The van der Waals surface area contributed by atoms with Crippen molar-refractivity contribution in [3.63, 3.8) is 0 Å². The summed E-state index contributed by atoms with van der Waals surface area (Å²) in [5, 5.41) is 2.12. The summed E-state index contributed by atoms with van der Waals surface area (Å²) in [5.74, 6) is 2.59. The van der Waals surface area contributed by atoms with E-state index in [1.54, 1.807) is 11.3 Å². The van der Waals surface area contributed by atoms with Gasteiger partial charge in [0, 0.05) is 16.6 Å². The predicted molar refractivity (Wildman–Crippen MR) is 83.1 cm³/mol. The lowest BCUT2D eigenvalue weighted by Crippen LogP contribution is -1.99. The molecule has 2 N–H and O–H groups in total. The Balaban J connectivity index is 1.89. The first-order chi connectivity index (χ1) is 10.1. The summed E-state index contributed by atoms with van der Waals surface area (Å²) in [6.07, 6.45) is 0. The van der Waals surface area contributed by atoms with E-state index in [-0.39, 0.29) is 6.79 Å². The molecule has 1 aromatic carbocycles. The third-order valence-corrected chi connectivity index (χ3v) is 4.51. The summed E-state index contributed by atoms with van der Waals surface area (Å²) < 4.78 is 12.8. The van der Waals surface area contributed by atoms with E-state index >= 15 is 0 Å². The maximum Gasteiger partial charge on any atom is 0.231 e. The highest BCUT2D eigenvalue weighted by atomic mass is 32.1. The van der Waals surface area contributed by atoms with Crippen LogP contribution in [0.4, 0.5) is 5.82 Å². The van der Waals surface area contributed by atoms with E-state index in [0.717, 1.165) is 27.7 Å². The molecule has 0 amide bonds. The van der Waals surface area contributed by atoms with Crippen molar-refractivity contribution in [2.24, 2.45) is 0 Å². The van der Waals surface area contributed by atoms with Crippen molar-refractivity contribution < 1.29 is 9.47 Å². The molecule has 0 atom stereocenters. The number of fused-ring (bicyclic) bond motifs is 2. The topological polar surface area (TPSA) is 61.8 Å². The first-order valence-corrected chi connectivity index (χ1v) is 7.68. The van der Waals surface area contributed by atoms with Gasteiger partial charge in [0.2, 0.25) is 6.79 Å². The molecule has 0 bridgehead atoms. The zero-order valence-electron chi connectivity index (χ0n) is 11.8. The molecule has 1 aliphatic heterocycles. The van der Waals surface area contributed by atoms with E-state index in [1.807, 2.05) is 22.6 Å². The smallest absolute Gasteiger partial charge is 0.231 e. The normalized spacial score (nSPS) is 13.5. The number of nitrogens with zero attached hydrogens (tertiary/aromatic N) is 2. The number of nitrogens with two attached hydrogens (primary N) is 1. The summed E-state index contributed by atoms with van der Waals surface area (Å²) in [7, 11) is 0. The Morgan fingerprint density at radius 2 is 2.10 bits per heavy atom. The van der Waals surface area contributed by atoms with Crippen LogP contribution in [0.2, 0.25) is 0 Å². The van der Waals surface area contributed by atoms with Crippen LogP contribution in [0.3, 0.4) is 0 Å². The molecular weight excluding hydrogens is 286 g/mol. The second-order valence-electron chi connectivity index (χ2n) is 5.35. The van der Waals surface area contributed by atoms with Crippen molar-refractivity contribution in [2.45, 2.75) is 19.8 Å². The molecule has 4 rings (SSSR count). The Kier molecular flexibility index (Phi) is 2.62. The van der Waals surface area contributed by atoms with E-state index in [2.05, 4.69) is 24.2 Å². The van der Waals surface area contributed by atoms with Crippen molar-refractivity contribution in [1.29, 1.82) is 0 Å². The number of ether oxygens (including phenoxy) is 2.